The van der Waals surface area contributed by atoms with E-state index in [0.717, 1.165) is 25.9 Å². The molecule has 1 aliphatic heterocycles. The summed E-state index contributed by atoms with van der Waals surface area (Å²) in [5, 5.41) is 0. The summed E-state index contributed by atoms with van der Waals surface area (Å²) in [7, 11) is 1.50. The standard InChI is InChI=1S/C14H18ClNO4S/c15-21(18,19)13-7-5-12(6-8-13)20-11-14(17)16-9-3-1-2-4-10-16/h5-8H,1-4,9-11H2. The van der Waals surface area contributed by atoms with Crippen molar-refractivity contribution in [2.75, 3.05) is 19.7 Å². The zero-order chi connectivity index (χ0) is 15.3. The van der Waals surface area contributed by atoms with Crippen molar-refractivity contribution in [3.8, 4) is 5.75 Å². The van der Waals surface area contributed by atoms with Gasteiger partial charge < -0.3 is 9.64 Å². The second kappa shape index (κ2) is 7.13. The Morgan fingerprint density at radius 1 is 1.10 bits per heavy atom. The topological polar surface area (TPSA) is 63.7 Å². The molecular weight excluding hydrogens is 314 g/mol. The first-order chi connectivity index (χ1) is 9.97. The van der Waals surface area contributed by atoms with Gasteiger partial charge in [-0.3, -0.25) is 4.79 Å². The number of likely N-dealkylation sites (tertiary alicyclic amines) is 1. The molecule has 0 N–H and O–H groups in total. The average Bonchev–Trinajstić information content (AvgIpc) is 2.73. The summed E-state index contributed by atoms with van der Waals surface area (Å²) in [5.41, 5.74) is 0. The molecule has 116 valence electrons. The number of benzene rings is 1. The van der Waals surface area contributed by atoms with Gasteiger partial charge in [-0.05, 0) is 37.1 Å². The van der Waals surface area contributed by atoms with Crippen molar-refractivity contribution in [1.82, 2.24) is 4.90 Å². The predicted molar refractivity (Wildman–Crippen MR) is 80.0 cm³/mol. The quantitative estimate of drug-likeness (QED) is 0.795. The van der Waals surface area contributed by atoms with E-state index < -0.39 is 9.05 Å². The minimum atomic E-state index is -3.73. The fraction of sp³-hybridized carbons (Fsp3) is 0.500. The highest BCUT2D eigenvalue weighted by Crippen LogP contribution is 2.19. The van der Waals surface area contributed by atoms with Crippen LogP contribution in [0.3, 0.4) is 0 Å². The highest BCUT2D eigenvalue weighted by Gasteiger charge is 2.16. The highest BCUT2D eigenvalue weighted by atomic mass is 35.7. The van der Waals surface area contributed by atoms with Crippen molar-refractivity contribution in [3.05, 3.63) is 24.3 Å². The number of hydrogen-bond donors (Lipinski definition) is 0. The van der Waals surface area contributed by atoms with Crippen molar-refractivity contribution < 1.29 is 17.9 Å². The summed E-state index contributed by atoms with van der Waals surface area (Å²) >= 11 is 0. The molecule has 0 unspecified atom stereocenters. The van der Waals surface area contributed by atoms with E-state index in [-0.39, 0.29) is 17.4 Å². The number of carbonyl (C=O) groups excluding carboxylic acids is 1. The number of rotatable bonds is 4. The number of amides is 1. The van der Waals surface area contributed by atoms with Crippen LogP contribution in [-0.2, 0) is 13.8 Å². The molecule has 1 heterocycles. The van der Waals surface area contributed by atoms with Crippen molar-refractivity contribution >= 4 is 25.6 Å². The fourth-order valence-corrected chi connectivity index (χ4v) is 3.02. The largest absolute Gasteiger partial charge is 0.484 e. The number of halogens is 1. The lowest BCUT2D eigenvalue weighted by Crippen LogP contribution is -2.35. The van der Waals surface area contributed by atoms with E-state index in [1.54, 1.807) is 0 Å². The Balaban J connectivity index is 1.89. The highest BCUT2D eigenvalue weighted by molar-refractivity contribution is 8.13. The van der Waals surface area contributed by atoms with Crippen molar-refractivity contribution in [3.63, 3.8) is 0 Å². The lowest BCUT2D eigenvalue weighted by atomic mass is 10.2. The molecule has 1 amide bonds. The maximum absolute atomic E-state index is 12.0. The molecule has 0 atom stereocenters. The van der Waals surface area contributed by atoms with Crippen LogP contribution in [0, 0.1) is 0 Å². The van der Waals surface area contributed by atoms with Gasteiger partial charge in [0.05, 0.1) is 4.90 Å². The second-order valence-corrected chi connectivity index (χ2v) is 7.56. The molecule has 0 spiro atoms. The SMILES string of the molecule is O=C(COc1ccc(S(=O)(=O)Cl)cc1)N1CCCCCC1. The summed E-state index contributed by atoms with van der Waals surface area (Å²) in [5.74, 6) is 0.410. The monoisotopic (exact) mass is 331 g/mol. The Hall–Kier alpha value is -1.27. The molecule has 0 aliphatic carbocycles. The Morgan fingerprint density at radius 2 is 1.67 bits per heavy atom. The maximum Gasteiger partial charge on any atom is 0.261 e. The molecule has 1 saturated heterocycles. The summed E-state index contributed by atoms with van der Waals surface area (Å²) in [6.45, 7) is 1.53. The molecule has 0 radical (unpaired) electrons. The Morgan fingerprint density at radius 3 is 2.19 bits per heavy atom. The van der Waals surface area contributed by atoms with E-state index in [4.69, 9.17) is 15.4 Å². The molecule has 0 aromatic heterocycles. The molecule has 0 saturated carbocycles. The Kier molecular flexibility index (Phi) is 5.47. The van der Waals surface area contributed by atoms with E-state index in [1.807, 2.05) is 4.90 Å². The summed E-state index contributed by atoms with van der Waals surface area (Å²) < 4.78 is 27.6. The van der Waals surface area contributed by atoms with Crippen LogP contribution in [0.15, 0.2) is 29.2 Å². The lowest BCUT2D eigenvalue weighted by molar-refractivity contribution is -0.133. The molecule has 0 bridgehead atoms. The van der Waals surface area contributed by atoms with E-state index in [1.165, 1.54) is 37.1 Å². The van der Waals surface area contributed by atoms with Gasteiger partial charge in [0.1, 0.15) is 5.75 Å². The molecular formula is C14H18ClNO4S. The molecule has 2 rings (SSSR count). The van der Waals surface area contributed by atoms with Crippen molar-refractivity contribution in [1.29, 1.82) is 0 Å². The summed E-state index contributed by atoms with van der Waals surface area (Å²) in [4.78, 5) is 13.9. The van der Waals surface area contributed by atoms with Crippen LogP contribution >= 0.6 is 10.7 Å². The van der Waals surface area contributed by atoms with Crippen LogP contribution in [0.2, 0.25) is 0 Å². The third-order valence-electron chi connectivity index (χ3n) is 3.43. The predicted octanol–water partition coefficient (Wildman–Crippen LogP) is 2.40. The van der Waals surface area contributed by atoms with Gasteiger partial charge in [0.2, 0.25) is 0 Å². The zero-order valence-corrected chi connectivity index (χ0v) is 13.2. The third kappa shape index (κ3) is 4.89. The van der Waals surface area contributed by atoms with Gasteiger partial charge in [-0.15, -0.1) is 0 Å². The van der Waals surface area contributed by atoms with Crippen LogP contribution in [0.1, 0.15) is 25.7 Å². The number of hydrogen-bond acceptors (Lipinski definition) is 4. The number of ether oxygens (including phenoxy) is 1. The summed E-state index contributed by atoms with van der Waals surface area (Å²) in [6, 6.07) is 5.69. The summed E-state index contributed by atoms with van der Waals surface area (Å²) in [6.07, 6.45) is 4.40. The molecule has 1 aromatic rings. The van der Waals surface area contributed by atoms with Crippen LogP contribution < -0.4 is 4.74 Å². The van der Waals surface area contributed by atoms with Crippen molar-refractivity contribution in [2.24, 2.45) is 0 Å². The van der Waals surface area contributed by atoms with Crippen LogP contribution in [0.4, 0.5) is 0 Å². The van der Waals surface area contributed by atoms with Crippen LogP contribution in [-0.4, -0.2) is 38.9 Å². The van der Waals surface area contributed by atoms with Gasteiger partial charge in [0.15, 0.2) is 6.61 Å². The normalized spacial score (nSPS) is 16.3. The number of carbonyl (C=O) groups is 1. The van der Waals surface area contributed by atoms with Crippen molar-refractivity contribution in [2.45, 2.75) is 30.6 Å². The lowest BCUT2D eigenvalue weighted by Gasteiger charge is -2.20. The Bertz CT molecular complexity index is 577. The minimum Gasteiger partial charge on any atom is -0.484 e. The molecule has 5 nitrogen and oxygen atoms in total. The van der Waals surface area contributed by atoms with E-state index in [2.05, 4.69) is 0 Å². The second-order valence-electron chi connectivity index (χ2n) is 4.99. The van der Waals surface area contributed by atoms with E-state index in [0.29, 0.717) is 5.75 Å². The molecule has 1 fully saturated rings. The van der Waals surface area contributed by atoms with Crippen LogP contribution in [0.5, 0.6) is 5.75 Å². The van der Waals surface area contributed by atoms with Gasteiger partial charge in [-0.25, -0.2) is 8.42 Å². The first kappa shape index (κ1) is 16.1. The van der Waals surface area contributed by atoms with E-state index in [9.17, 15) is 13.2 Å². The van der Waals surface area contributed by atoms with Gasteiger partial charge in [-0.2, -0.15) is 0 Å². The first-order valence-corrected chi connectivity index (χ1v) is 9.23. The smallest absolute Gasteiger partial charge is 0.261 e. The molecule has 1 aromatic carbocycles. The fourth-order valence-electron chi connectivity index (χ4n) is 2.25. The number of nitrogens with zero attached hydrogens (tertiary/aromatic N) is 1. The molecule has 21 heavy (non-hydrogen) atoms. The average molecular weight is 332 g/mol. The van der Waals surface area contributed by atoms with Gasteiger partial charge in [-0.1, -0.05) is 12.8 Å². The third-order valence-corrected chi connectivity index (χ3v) is 4.80. The Labute approximate surface area is 129 Å². The maximum atomic E-state index is 12.0. The van der Waals surface area contributed by atoms with Gasteiger partial charge in [0, 0.05) is 23.8 Å². The van der Waals surface area contributed by atoms with Crippen LogP contribution in [0.25, 0.3) is 0 Å². The van der Waals surface area contributed by atoms with Gasteiger partial charge in [0.25, 0.3) is 15.0 Å². The molecule has 7 heteroatoms. The van der Waals surface area contributed by atoms with E-state index >= 15 is 0 Å². The molecule has 1 aliphatic rings. The first-order valence-electron chi connectivity index (χ1n) is 6.92. The minimum absolute atomic E-state index is 0.00959. The van der Waals surface area contributed by atoms with Gasteiger partial charge >= 0.3 is 0 Å². The zero-order valence-electron chi connectivity index (χ0n) is 11.6.